The van der Waals surface area contributed by atoms with Crippen molar-refractivity contribution in [2.75, 3.05) is 10.8 Å². The van der Waals surface area contributed by atoms with Crippen molar-refractivity contribution in [2.24, 2.45) is 0 Å². The fraction of sp³-hybridized carbons (Fsp3) is 0.150. The normalized spacial score (nSPS) is 13.7. The third-order valence-corrected chi connectivity index (χ3v) is 6.62. The summed E-state index contributed by atoms with van der Waals surface area (Å²) in [6, 6.07) is 13.4. The van der Waals surface area contributed by atoms with E-state index in [1.165, 1.54) is 22.5 Å². The van der Waals surface area contributed by atoms with E-state index in [1.54, 1.807) is 19.3 Å². The number of aromatic nitrogens is 1. The molecule has 4 rings (SSSR count). The van der Waals surface area contributed by atoms with Gasteiger partial charge in [-0.15, -0.1) is 0 Å². The molecular formula is C20H17FN2O2S. The van der Waals surface area contributed by atoms with E-state index in [2.05, 4.69) is 4.98 Å². The summed E-state index contributed by atoms with van der Waals surface area (Å²) in [6.07, 6.45) is 4.11. The Morgan fingerprint density at radius 2 is 1.77 bits per heavy atom. The van der Waals surface area contributed by atoms with Crippen molar-refractivity contribution in [3.05, 3.63) is 77.9 Å². The van der Waals surface area contributed by atoms with Gasteiger partial charge in [0.05, 0.1) is 10.6 Å². The summed E-state index contributed by atoms with van der Waals surface area (Å²) in [7, 11) is -3.72. The van der Waals surface area contributed by atoms with E-state index in [4.69, 9.17) is 0 Å². The van der Waals surface area contributed by atoms with Gasteiger partial charge in [0.15, 0.2) is 0 Å². The molecule has 1 aromatic heterocycles. The van der Waals surface area contributed by atoms with Gasteiger partial charge in [0.1, 0.15) is 5.82 Å². The lowest BCUT2D eigenvalue weighted by molar-refractivity contribution is 0.590. The van der Waals surface area contributed by atoms with Crippen LogP contribution in [-0.2, 0) is 16.4 Å². The summed E-state index contributed by atoms with van der Waals surface area (Å²) >= 11 is 0. The zero-order valence-electron chi connectivity index (χ0n) is 14.2. The first-order chi connectivity index (χ1) is 12.5. The first-order valence-corrected chi connectivity index (χ1v) is 9.73. The number of hydrogen-bond acceptors (Lipinski definition) is 3. The molecule has 2 heterocycles. The van der Waals surface area contributed by atoms with Gasteiger partial charge < -0.3 is 0 Å². The Morgan fingerprint density at radius 1 is 1.00 bits per heavy atom. The lowest BCUT2D eigenvalue weighted by Gasteiger charge is -2.21. The summed E-state index contributed by atoms with van der Waals surface area (Å²) < 4.78 is 40.9. The van der Waals surface area contributed by atoms with Crippen LogP contribution >= 0.6 is 0 Å². The smallest absolute Gasteiger partial charge is 0.264 e. The van der Waals surface area contributed by atoms with Crippen molar-refractivity contribution >= 4 is 15.7 Å². The Hall–Kier alpha value is -2.73. The minimum absolute atomic E-state index is 0.143. The van der Waals surface area contributed by atoms with Crippen molar-refractivity contribution in [1.29, 1.82) is 0 Å². The van der Waals surface area contributed by atoms with Crippen LogP contribution in [-0.4, -0.2) is 19.9 Å². The largest absolute Gasteiger partial charge is 0.266 e. The van der Waals surface area contributed by atoms with E-state index >= 15 is 0 Å². The molecule has 132 valence electrons. The topological polar surface area (TPSA) is 50.3 Å². The first-order valence-electron chi connectivity index (χ1n) is 8.29. The molecule has 1 aliphatic rings. The van der Waals surface area contributed by atoms with Crippen molar-refractivity contribution < 1.29 is 12.8 Å². The molecule has 0 unspecified atom stereocenters. The highest BCUT2D eigenvalue weighted by Gasteiger charge is 2.32. The van der Waals surface area contributed by atoms with Crippen LogP contribution in [0.2, 0.25) is 0 Å². The second-order valence-electron chi connectivity index (χ2n) is 6.32. The fourth-order valence-corrected chi connectivity index (χ4v) is 5.08. The van der Waals surface area contributed by atoms with Gasteiger partial charge in [0.2, 0.25) is 0 Å². The minimum Gasteiger partial charge on any atom is -0.266 e. The minimum atomic E-state index is -3.72. The highest BCUT2D eigenvalue weighted by molar-refractivity contribution is 7.93. The maximum atomic E-state index is 13.3. The maximum Gasteiger partial charge on any atom is 0.264 e. The standard InChI is InChI=1S/C20H17FN2O2S/c1-14-12-18(21)3-5-20(14)26(24,25)23-11-8-17-13-16(2-4-19(17)23)15-6-9-22-10-7-15/h2-7,9-10,12-13H,8,11H2,1H3. The second kappa shape index (κ2) is 6.21. The van der Waals surface area contributed by atoms with E-state index in [-0.39, 0.29) is 4.90 Å². The number of pyridine rings is 1. The maximum absolute atomic E-state index is 13.3. The molecule has 0 fully saturated rings. The van der Waals surface area contributed by atoms with Gasteiger partial charge in [-0.1, -0.05) is 6.07 Å². The van der Waals surface area contributed by atoms with E-state index in [9.17, 15) is 12.8 Å². The highest BCUT2D eigenvalue weighted by atomic mass is 32.2. The molecule has 0 aliphatic carbocycles. The quantitative estimate of drug-likeness (QED) is 0.703. The van der Waals surface area contributed by atoms with E-state index in [0.717, 1.165) is 16.7 Å². The van der Waals surface area contributed by atoms with Crippen LogP contribution in [0, 0.1) is 12.7 Å². The molecule has 0 atom stereocenters. The Morgan fingerprint density at radius 3 is 2.50 bits per heavy atom. The average molecular weight is 368 g/mol. The van der Waals surface area contributed by atoms with Gasteiger partial charge in [-0.25, -0.2) is 12.8 Å². The zero-order chi connectivity index (χ0) is 18.3. The Balaban J connectivity index is 1.74. The van der Waals surface area contributed by atoms with Crippen LogP contribution in [0.25, 0.3) is 11.1 Å². The van der Waals surface area contributed by atoms with Crippen LogP contribution in [0.3, 0.4) is 0 Å². The lowest BCUT2D eigenvalue weighted by atomic mass is 10.0. The molecule has 26 heavy (non-hydrogen) atoms. The predicted molar refractivity (Wildman–Crippen MR) is 99.0 cm³/mol. The Labute approximate surface area is 152 Å². The highest BCUT2D eigenvalue weighted by Crippen LogP contribution is 2.36. The first kappa shape index (κ1) is 16.7. The molecule has 0 radical (unpaired) electrons. The van der Waals surface area contributed by atoms with Crippen molar-refractivity contribution in [3.8, 4) is 11.1 Å². The summed E-state index contributed by atoms with van der Waals surface area (Å²) in [4.78, 5) is 4.16. The molecule has 3 aromatic rings. The number of halogens is 1. The van der Waals surface area contributed by atoms with E-state index in [0.29, 0.717) is 24.2 Å². The Kier molecular flexibility index (Phi) is 4.00. The van der Waals surface area contributed by atoms with Gasteiger partial charge in [-0.05, 0) is 78.1 Å². The predicted octanol–water partition coefficient (Wildman–Crippen LogP) is 3.95. The fourth-order valence-electron chi connectivity index (χ4n) is 3.37. The second-order valence-corrected chi connectivity index (χ2v) is 8.15. The van der Waals surface area contributed by atoms with Crippen LogP contribution in [0.5, 0.6) is 0 Å². The zero-order valence-corrected chi connectivity index (χ0v) is 15.0. The summed E-state index contributed by atoms with van der Waals surface area (Å²) in [5.74, 6) is -0.440. The molecule has 0 bridgehead atoms. The molecule has 2 aromatic carbocycles. The van der Waals surface area contributed by atoms with Crippen LogP contribution in [0.15, 0.2) is 65.8 Å². The van der Waals surface area contributed by atoms with Crippen LogP contribution in [0.1, 0.15) is 11.1 Å². The van der Waals surface area contributed by atoms with Gasteiger partial charge >= 0.3 is 0 Å². The molecule has 0 saturated heterocycles. The monoisotopic (exact) mass is 368 g/mol. The Bertz CT molecular complexity index is 1080. The number of sulfonamides is 1. The summed E-state index contributed by atoms with van der Waals surface area (Å²) in [5.41, 5.74) is 4.16. The van der Waals surface area contributed by atoms with Crippen molar-refractivity contribution in [3.63, 3.8) is 0 Å². The average Bonchev–Trinajstić information content (AvgIpc) is 3.06. The van der Waals surface area contributed by atoms with Gasteiger partial charge in [0, 0.05) is 18.9 Å². The number of fused-ring (bicyclic) bond motifs is 1. The van der Waals surface area contributed by atoms with Crippen LogP contribution in [0.4, 0.5) is 10.1 Å². The number of aryl methyl sites for hydroxylation is 1. The molecule has 0 saturated carbocycles. The number of anilines is 1. The van der Waals surface area contributed by atoms with E-state index < -0.39 is 15.8 Å². The lowest BCUT2D eigenvalue weighted by Crippen LogP contribution is -2.29. The van der Waals surface area contributed by atoms with E-state index in [1.807, 2.05) is 30.3 Å². The number of benzene rings is 2. The molecule has 0 N–H and O–H groups in total. The number of hydrogen-bond donors (Lipinski definition) is 0. The molecular weight excluding hydrogens is 351 g/mol. The molecule has 0 spiro atoms. The summed E-state index contributed by atoms with van der Waals surface area (Å²) in [6.45, 7) is 1.99. The van der Waals surface area contributed by atoms with Crippen molar-refractivity contribution in [2.45, 2.75) is 18.2 Å². The van der Waals surface area contributed by atoms with Gasteiger partial charge in [-0.3, -0.25) is 9.29 Å². The summed E-state index contributed by atoms with van der Waals surface area (Å²) in [5, 5.41) is 0. The van der Waals surface area contributed by atoms with Crippen molar-refractivity contribution in [1.82, 2.24) is 4.98 Å². The molecule has 4 nitrogen and oxygen atoms in total. The molecule has 1 aliphatic heterocycles. The molecule has 0 amide bonds. The van der Waals surface area contributed by atoms with Crippen LogP contribution < -0.4 is 4.31 Å². The number of rotatable bonds is 3. The van der Waals surface area contributed by atoms with Gasteiger partial charge in [-0.2, -0.15) is 0 Å². The third-order valence-electron chi connectivity index (χ3n) is 4.65. The molecule has 6 heteroatoms. The number of nitrogens with zero attached hydrogens (tertiary/aromatic N) is 2. The van der Waals surface area contributed by atoms with Gasteiger partial charge in [0.25, 0.3) is 10.0 Å². The third kappa shape index (κ3) is 2.76. The SMILES string of the molecule is Cc1cc(F)ccc1S(=O)(=O)N1CCc2cc(-c3ccncc3)ccc21.